The van der Waals surface area contributed by atoms with Gasteiger partial charge in [0.2, 0.25) is 5.91 Å². The molecule has 0 spiro atoms. The van der Waals surface area contributed by atoms with Crippen LogP contribution in [0.2, 0.25) is 0 Å². The molecule has 2 unspecified atom stereocenters. The van der Waals surface area contributed by atoms with Crippen LogP contribution in [0.5, 0.6) is 5.75 Å². The summed E-state index contributed by atoms with van der Waals surface area (Å²) in [5.74, 6) is 1.55. The van der Waals surface area contributed by atoms with Crippen molar-refractivity contribution in [2.75, 3.05) is 18.9 Å². The van der Waals surface area contributed by atoms with E-state index < -0.39 is 0 Å². The monoisotopic (exact) mass is 276 g/mol. The number of hydrogen-bond donors (Lipinski definition) is 1. The Kier molecular flexibility index (Phi) is 4.88. The molecule has 0 radical (unpaired) electrons. The lowest BCUT2D eigenvalue weighted by atomic mass is 9.93. The van der Waals surface area contributed by atoms with Crippen LogP contribution in [0.1, 0.15) is 33.1 Å². The highest BCUT2D eigenvalue weighted by Crippen LogP contribution is 2.23. The molecule has 0 aliphatic carbocycles. The summed E-state index contributed by atoms with van der Waals surface area (Å²) >= 11 is 0. The number of nitrogens with two attached hydrogens (primary N) is 1. The first-order valence-electron chi connectivity index (χ1n) is 7.34. The Morgan fingerprint density at radius 3 is 2.85 bits per heavy atom. The second kappa shape index (κ2) is 6.64. The molecule has 1 fully saturated rings. The first-order chi connectivity index (χ1) is 9.58. The molecule has 2 N–H and O–H groups in total. The van der Waals surface area contributed by atoms with Gasteiger partial charge >= 0.3 is 0 Å². The number of hydrogen-bond acceptors (Lipinski definition) is 3. The van der Waals surface area contributed by atoms with Crippen molar-refractivity contribution in [1.82, 2.24) is 4.90 Å². The van der Waals surface area contributed by atoms with Gasteiger partial charge in [-0.25, -0.2) is 0 Å². The van der Waals surface area contributed by atoms with Gasteiger partial charge in [0.1, 0.15) is 5.75 Å². The number of nitrogens with zero attached hydrogens (tertiary/aromatic N) is 1. The smallest absolute Gasteiger partial charge is 0.226 e. The molecule has 0 bridgehead atoms. The molecule has 1 aromatic carbocycles. The summed E-state index contributed by atoms with van der Waals surface area (Å²) in [6.07, 6.45) is 2.61. The van der Waals surface area contributed by atoms with Crippen LogP contribution in [0.4, 0.5) is 5.69 Å². The minimum atomic E-state index is 0.180. The quantitative estimate of drug-likeness (QED) is 0.860. The molecule has 1 aliphatic rings. The number of ether oxygens (including phenoxy) is 1. The highest BCUT2D eigenvalue weighted by Gasteiger charge is 2.26. The summed E-state index contributed by atoms with van der Waals surface area (Å²) in [6.45, 7) is 5.63. The Morgan fingerprint density at radius 2 is 2.15 bits per heavy atom. The minimum Gasteiger partial charge on any atom is -0.491 e. The SMILES string of the molecule is CC1CCN(C(=O)CCOc2ccccc2N)C(C)C1. The van der Waals surface area contributed by atoms with Gasteiger partial charge in [0, 0.05) is 12.6 Å². The van der Waals surface area contributed by atoms with E-state index >= 15 is 0 Å². The van der Waals surface area contributed by atoms with Gasteiger partial charge in [-0.3, -0.25) is 4.79 Å². The van der Waals surface area contributed by atoms with E-state index in [-0.39, 0.29) is 5.91 Å². The van der Waals surface area contributed by atoms with E-state index in [0.29, 0.717) is 30.5 Å². The van der Waals surface area contributed by atoms with Crippen molar-refractivity contribution in [3.63, 3.8) is 0 Å². The van der Waals surface area contributed by atoms with Gasteiger partial charge in [0.05, 0.1) is 18.7 Å². The molecule has 2 rings (SSSR count). The van der Waals surface area contributed by atoms with Crippen LogP contribution in [0.3, 0.4) is 0 Å². The summed E-state index contributed by atoms with van der Waals surface area (Å²) in [4.78, 5) is 14.2. The Labute approximate surface area is 120 Å². The van der Waals surface area contributed by atoms with Crippen LogP contribution in [0.25, 0.3) is 0 Å². The molecule has 1 heterocycles. The zero-order valence-electron chi connectivity index (χ0n) is 12.3. The molecule has 4 heteroatoms. The molecule has 4 nitrogen and oxygen atoms in total. The third kappa shape index (κ3) is 3.65. The van der Waals surface area contributed by atoms with Crippen LogP contribution in [-0.2, 0) is 4.79 Å². The van der Waals surface area contributed by atoms with Crippen molar-refractivity contribution in [1.29, 1.82) is 0 Å². The Bertz CT molecular complexity index is 462. The fraction of sp³-hybridized carbons (Fsp3) is 0.562. The highest BCUT2D eigenvalue weighted by molar-refractivity contribution is 5.76. The van der Waals surface area contributed by atoms with E-state index in [1.54, 1.807) is 6.07 Å². The number of likely N-dealkylation sites (tertiary alicyclic amines) is 1. The Morgan fingerprint density at radius 1 is 1.40 bits per heavy atom. The maximum absolute atomic E-state index is 12.2. The number of carbonyl (C=O) groups is 1. The Balaban J connectivity index is 1.79. The number of nitrogen functional groups attached to an aromatic ring is 1. The van der Waals surface area contributed by atoms with Crippen LogP contribution in [0.15, 0.2) is 24.3 Å². The van der Waals surface area contributed by atoms with Gasteiger partial charge in [-0.05, 0) is 37.8 Å². The summed E-state index contributed by atoms with van der Waals surface area (Å²) in [5.41, 5.74) is 6.41. The van der Waals surface area contributed by atoms with Crippen LogP contribution in [-0.4, -0.2) is 30.0 Å². The first-order valence-corrected chi connectivity index (χ1v) is 7.34. The van der Waals surface area contributed by atoms with Crippen molar-refractivity contribution in [3.05, 3.63) is 24.3 Å². The third-order valence-electron chi connectivity index (χ3n) is 3.95. The van der Waals surface area contributed by atoms with Crippen LogP contribution in [0, 0.1) is 5.92 Å². The number of benzene rings is 1. The summed E-state index contributed by atoms with van der Waals surface area (Å²) < 4.78 is 5.58. The van der Waals surface area contributed by atoms with Gasteiger partial charge in [-0.2, -0.15) is 0 Å². The molecule has 0 aromatic heterocycles. The zero-order chi connectivity index (χ0) is 14.5. The molecule has 110 valence electrons. The molecule has 1 saturated heterocycles. The van der Waals surface area contributed by atoms with E-state index in [1.165, 1.54) is 0 Å². The predicted octanol–water partition coefficient (Wildman–Crippen LogP) is 2.68. The van der Waals surface area contributed by atoms with Gasteiger partial charge in [0.15, 0.2) is 0 Å². The van der Waals surface area contributed by atoms with E-state index in [9.17, 15) is 4.79 Å². The lowest BCUT2D eigenvalue weighted by Gasteiger charge is -2.36. The Hall–Kier alpha value is -1.71. The fourth-order valence-electron chi connectivity index (χ4n) is 2.78. The fourth-order valence-corrected chi connectivity index (χ4v) is 2.78. The number of carbonyl (C=O) groups excluding carboxylic acids is 1. The molecule has 1 aromatic rings. The number of piperidine rings is 1. The highest BCUT2D eigenvalue weighted by atomic mass is 16.5. The summed E-state index contributed by atoms with van der Waals surface area (Å²) in [7, 11) is 0. The predicted molar refractivity (Wildman–Crippen MR) is 80.5 cm³/mol. The second-order valence-corrected chi connectivity index (χ2v) is 5.70. The van der Waals surface area contributed by atoms with Crippen molar-refractivity contribution >= 4 is 11.6 Å². The number of rotatable bonds is 4. The topological polar surface area (TPSA) is 55.6 Å². The van der Waals surface area contributed by atoms with E-state index in [1.807, 2.05) is 23.1 Å². The average molecular weight is 276 g/mol. The molecular weight excluding hydrogens is 252 g/mol. The zero-order valence-corrected chi connectivity index (χ0v) is 12.3. The molecule has 0 saturated carbocycles. The van der Waals surface area contributed by atoms with E-state index in [0.717, 1.165) is 25.3 Å². The average Bonchev–Trinajstić information content (AvgIpc) is 2.40. The maximum atomic E-state index is 12.2. The molecule has 20 heavy (non-hydrogen) atoms. The summed E-state index contributed by atoms with van der Waals surface area (Å²) in [5, 5.41) is 0. The number of anilines is 1. The van der Waals surface area contributed by atoms with E-state index in [2.05, 4.69) is 13.8 Å². The lowest BCUT2D eigenvalue weighted by Crippen LogP contribution is -2.44. The molecule has 2 atom stereocenters. The first kappa shape index (κ1) is 14.7. The van der Waals surface area contributed by atoms with Gasteiger partial charge < -0.3 is 15.4 Å². The van der Waals surface area contributed by atoms with Gasteiger partial charge in [0.25, 0.3) is 0 Å². The second-order valence-electron chi connectivity index (χ2n) is 5.70. The van der Waals surface area contributed by atoms with Crippen molar-refractivity contribution < 1.29 is 9.53 Å². The van der Waals surface area contributed by atoms with Crippen LogP contribution < -0.4 is 10.5 Å². The van der Waals surface area contributed by atoms with Gasteiger partial charge in [-0.15, -0.1) is 0 Å². The number of amides is 1. The summed E-state index contributed by atoms with van der Waals surface area (Å²) in [6, 6.07) is 7.70. The van der Waals surface area contributed by atoms with E-state index in [4.69, 9.17) is 10.5 Å². The third-order valence-corrected chi connectivity index (χ3v) is 3.95. The molecule has 1 aliphatic heterocycles. The standard InChI is InChI=1S/C16H24N2O2/c1-12-7-9-18(13(2)11-12)16(19)8-10-20-15-6-4-3-5-14(15)17/h3-6,12-13H,7-11,17H2,1-2H3. The van der Waals surface area contributed by atoms with Crippen molar-refractivity contribution in [3.8, 4) is 5.75 Å². The molecule has 1 amide bonds. The lowest BCUT2D eigenvalue weighted by molar-refractivity contribution is -0.135. The molecular formula is C16H24N2O2. The van der Waals surface area contributed by atoms with Crippen LogP contribution >= 0.6 is 0 Å². The number of para-hydroxylation sites is 2. The van der Waals surface area contributed by atoms with Gasteiger partial charge in [-0.1, -0.05) is 19.1 Å². The van der Waals surface area contributed by atoms with Crippen molar-refractivity contribution in [2.45, 2.75) is 39.2 Å². The normalized spacial score (nSPS) is 22.6. The minimum absolute atomic E-state index is 0.180. The maximum Gasteiger partial charge on any atom is 0.226 e. The van der Waals surface area contributed by atoms with Crippen molar-refractivity contribution in [2.24, 2.45) is 5.92 Å². The largest absolute Gasteiger partial charge is 0.491 e.